The number of carbonyl (C=O) groups excluding carboxylic acids is 1. The Balaban J connectivity index is 1.94. The maximum atomic E-state index is 12.2. The predicted molar refractivity (Wildman–Crippen MR) is 110 cm³/mol. The van der Waals surface area contributed by atoms with Crippen molar-refractivity contribution in [3.8, 4) is 5.75 Å². The van der Waals surface area contributed by atoms with Crippen molar-refractivity contribution >= 4 is 33.7 Å². The Morgan fingerprint density at radius 3 is 2.69 bits per heavy atom. The van der Waals surface area contributed by atoms with Gasteiger partial charge in [0.25, 0.3) is 11.6 Å². The summed E-state index contributed by atoms with van der Waals surface area (Å²) in [7, 11) is 0. The van der Waals surface area contributed by atoms with E-state index in [9.17, 15) is 20.0 Å². The van der Waals surface area contributed by atoms with Gasteiger partial charge in [0.05, 0.1) is 4.92 Å². The zero-order valence-corrected chi connectivity index (χ0v) is 15.8. The summed E-state index contributed by atoms with van der Waals surface area (Å²) in [5.74, 6) is -0.459. The average molecular weight is 392 g/mol. The van der Waals surface area contributed by atoms with Crippen molar-refractivity contribution in [1.29, 1.82) is 0 Å². The van der Waals surface area contributed by atoms with Gasteiger partial charge in [-0.1, -0.05) is 43.7 Å². The molecule has 148 valence electrons. The minimum absolute atomic E-state index is 0.00700. The van der Waals surface area contributed by atoms with Crippen LogP contribution in [0.25, 0.3) is 10.8 Å². The van der Waals surface area contributed by atoms with Gasteiger partial charge in [0.15, 0.2) is 5.69 Å². The van der Waals surface area contributed by atoms with Crippen molar-refractivity contribution in [2.45, 2.75) is 19.8 Å². The highest BCUT2D eigenvalue weighted by molar-refractivity contribution is 5.96. The second kappa shape index (κ2) is 8.92. The fourth-order valence-corrected chi connectivity index (χ4v) is 2.83. The van der Waals surface area contributed by atoms with Crippen molar-refractivity contribution in [2.75, 3.05) is 6.54 Å². The van der Waals surface area contributed by atoms with Crippen LogP contribution >= 0.6 is 0 Å². The fourth-order valence-electron chi connectivity index (χ4n) is 2.83. The molecule has 3 rings (SSSR count). The van der Waals surface area contributed by atoms with Crippen LogP contribution in [0.15, 0.2) is 64.8 Å². The summed E-state index contributed by atoms with van der Waals surface area (Å²) in [6, 6.07) is 14.6. The molecule has 0 radical (unpaired) electrons. The number of carbonyl (C=O) groups is 1. The van der Waals surface area contributed by atoms with Crippen LogP contribution < -0.4 is 5.32 Å². The lowest BCUT2D eigenvalue weighted by atomic mass is 10.1. The molecule has 0 aliphatic heterocycles. The van der Waals surface area contributed by atoms with Crippen LogP contribution in [0.1, 0.15) is 30.1 Å². The monoisotopic (exact) mass is 392 g/mol. The Morgan fingerprint density at radius 1 is 1.14 bits per heavy atom. The van der Waals surface area contributed by atoms with Crippen molar-refractivity contribution in [3.63, 3.8) is 0 Å². The summed E-state index contributed by atoms with van der Waals surface area (Å²) in [5.41, 5.74) is 0.0580. The number of hydrogen-bond acceptors (Lipinski definition) is 6. The Morgan fingerprint density at radius 2 is 1.93 bits per heavy atom. The number of unbranched alkanes of at least 4 members (excludes halogenated alkanes) is 1. The summed E-state index contributed by atoms with van der Waals surface area (Å²) >= 11 is 0. The number of fused-ring (bicyclic) bond motifs is 1. The van der Waals surface area contributed by atoms with Crippen molar-refractivity contribution in [3.05, 3.63) is 70.3 Å². The van der Waals surface area contributed by atoms with E-state index >= 15 is 0 Å². The average Bonchev–Trinajstić information content (AvgIpc) is 2.73. The number of azo groups is 1. The van der Waals surface area contributed by atoms with Crippen molar-refractivity contribution in [1.82, 2.24) is 5.32 Å². The normalized spacial score (nSPS) is 11.1. The van der Waals surface area contributed by atoms with E-state index in [1.165, 1.54) is 24.3 Å². The van der Waals surface area contributed by atoms with E-state index in [0.717, 1.165) is 18.2 Å². The van der Waals surface area contributed by atoms with Crippen molar-refractivity contribution in [2.24, 2.45) is 10.2 Å². The maximum Gasteiger partial charge on any atom is 0.297 e. The molecule has 0 heterocycles. The summed E-state index contributed by atoms with van der Waals surface area (Å²) in [6.45, 7) is 2.51. The molecule has 0 bridgehead atoms. The molecule has 0 aromatic heterocycles. The SMILES string of the molecule is CCCCNC(=O)c1ccc(N=Nc2c(O)ccc3ccccc23)c([N+](=O)[O-])c1. The summed E-state index contributed by atoms with van der Waals surface area (Å²) in [5, 5.41) is 33.9. The van der Waals surface area contributed by atoms with Crippen molar-refractivity contribution < 1.29 is 14.8 Å². The van der Waals surface area contributed by atoms with Gasteiger partial charge < -0.3 is 10.4 Å². The number of benzene rings is 3. The maximum absolute atomic E-state index is 12.2. The molecule has 1 amide bonds. The summed E-state index contributed by atoms with van der Waals surface area (Å²) in [4.78, 5) is 23.0. The fraction of sp³-hybridized carbons (Fsp3) is 0.190. The van der Waals surface area contributed by atoms with Gasteiger partial charge in [-0.05, 0) is 30.0 Å². The van der Waals surface area contributed by atoms with Gasteiger partial charge in [-0.25, -0.2) is 0 Å². The lowest BCUT2D eigenvalue weighted by Gasteiger charge is -2.06. The van der Waals surface area contributed by atoms with Crippen LogP contribution in [-0.2, 0) is 0 Å². The van der Waals surface area contributed by atoms with E-state index in [1.807, 2.05) is 19.1 Å². The first-order chi connectivity index (χ1) is 14.0. The number of amides is 1. The van der Waals surface area contributed by atoms with E-state index in [0.29, 0.717) is 11.9 Å². The molecule has 0 spiro atoms. The Kier molecular flexibility index (Phi) is 6.13. The van der Waals surface area contributed by atoms with Gasteiger partial charge in [-0.15, -0.1) is 10.2 Å². The molecule has 0 fully saturated rings. The molecule has 0 atom stereocenters. The highest BCUT2D eigenvalue weighted by Gasteiger charge is 2.18. The molecule has 8 nitrogen and oxygen atoms in total. The van der Waals surface area contributed by atoms with Gasteiger partial charge in [-0.3, -0.25) is 14.9 Å². The Labute approximate surface area is 167 Å². The highest BCUT2D eigenvalue weighted by atomic mass is 16.6. The highest BCUT2D eigenvalue weighted by Crippen LogP contribution is 2.37. The van der Waals surface area contributed by atoms with Crippen LogP contribution in [0.4, 0.5) is 17.1 Å². The van der Waals surface area contributed by atoms with E-state index in [2.05, 4.69) is 15.5 Å². The quantitative estimate of drug-likeness (QED) is 0.242. The molecule has 0 saturated carbocycles. The number of nitro benzene ring substituents is 1. The topological polar surface area (TPSA) is 117 Å². The Bertz CT molecular complexity index is 1100. The molecule has 2 N–H and O–H groups in total. The lowest BCUT2D eigenvalue weighted by molar-refractivity contribution is -0.384. The molecule has 29 heavy (non-hydrogen) atoms. The minimum atomic E-state index is -0.611. The number of nitrogens with one attached hydrogen (secondary N) is 1. The van der Waals surface area contributed by atoms with E-state index in [4.69, 9.17) is 0 Å². The molecule has 8 heteroatoms. The minimum Gasteiger partial charge on any atom is -0.506 e. The van der Waals surface area contributed by atoms with Gasteiger partial charge in [0, 0.05) is 23.6 Å². The number of nitro groups is 1. The predicted octanol–water partition coefficient (Wildman–Crippen LogP) is 5.40. The smallest absolute Gasteiger partial charge is 0.297 e. The number of phenols is 1. The zero-order valence-electron chi connectivity index (χ0n) is 15.8. The first kappa shape index (κ1) is 19.9. The van der Waals surface area contributed by atoms with E-state index in [-0.39, 0.29) is 34.3 Å². The van der Waals surface area contributed by atoms with Gasteiger partial charge in [0.2, 0.25) is 0 Å². The number of hydrogen-bond donors (Lipinski definition) is 2. The summed E-state index contributed by atoms with van der Waals surface area (Å²) < 4.78 is 0. The van der Waals surface area contributed by atoms with Crippen LogP contribution in [0, 0.1) is 10.1 Å². The van der Waals surface area contributed by atoms with Crippen LogP contribution in [-0.4, -0.2) is 22.5 Å². The molecular formula is C21H20N4O4. The van der Waals surface area contributed by atoms with Gasteiger partial charge >= 0.3 is 0 Å². The number of phenolic OH excluding ortho intramolecular Hbond substituents is 1. The largest absolute Gasteiger partial charge is 0.506 e. The second-order valence-corrected chi connectivity index (χ2v) is 6.42. The van der Waals surface area contributed by atoms with Crippen LogP contribution in [0.3, 0.4) is 0 Å². The Hall–Kier alpha value is -3.81. The molecule has 3 aromatic carbocycles. The first-order valence-corrected chi connectivity index (χ1v) is 9.20. The number of nitrogens with zero attached hydrogens (tertiary/aromatic N) is 3. The molecule has 0 saturated heterocycles. The standard InChI is InChI=1S/C21H20N4O4/c1-2-3-12-22-21(27)15-8-10-17(18(13-15)25(28)29)23-24-20-16-7-5-4-6-14(16)9-11-19(20)26/h4-11,13,26H,2-3,12H2,1H3,(H,22,27). The zero-order chi connectivity index (χ0) is 20.8. The van der Waals surface area contributed by atoms with Gasteiger partial charge in [0.1, 0.15) is 11.4 Å². The van der Waals surface area contributed by atoms with E-state index in [1.54, 1.807) is 18.2 Å². The lowest BCUT2D eigenvalue weighted by Crippen LogP contribution is -2.24. The van der Waals surface area contributed by atoms with E-state index < -0.39 is 4.92 Å². The third-order valence-electron chi connectivity index (χ3n) is 4.39. The molecule has 0 aliphatic rings. The van der Waals surface area contributed by atoms with Crippen LogP contribution in [0.5, 0.6) is 5.75 Å². The second-order valence-electron chi connectivity index (χ2n) is 6.42. The molecule has 3 aromatic rings. The molecule has 0 aliphatic carbocycles. The molecule has 0 unspecified atom stereocenters. The van der Waals surface area contributed by atoms with Crippen LogP contribution in [0.2, 0.25) is 0 Å². The van der Waals surface area contributed by atoms with Gasteiger partial charge in [-0.2, -0.15) is 0 Å². The molecular weight excluding hydrogens is 372 g/mol. The third kappa shape index (κ3) is 4.55. The number of rotatable bonds is 7. The summed E-state index contributed by atoms with van der Waals surface area (Å²) in [6.07, 6.45) is 1.76. The first-order valence-electron chi connectivity index (χ1n) is 9.20. The number of aromatic hydroxyl groups is 1. The third-order valence-corrected chi connectivity index (χ3v) is 4.39.